The summed E-state index contributed by atoms with van der Waals surface area (Å²) in [4.78, 5) is 16.8. The third-order valence-corrected chi connectivity index (χ3v) is 5.79. The fourth-order valence-electron chi connectivity index (χ4n) is 2.58. The van der Waals surface area contributed by atoms with Gasteiger partial charge in [0.2, 0.25) is 0 Å². The second kappa shape index (κ2) is 5.98. The summed E-state index contributed by atoms with van der Waals surface area (Å²) in [6.07, 6.45) is 1.98. The Morgan fingerprint density at radius 1 is 1.43 bits per heavy atom. The van der Waals surface area contributed by atoms with Gasteiger partial charge in [-0.2, -0.15) is 0 Å². The van der Waals surface area contributed by atoms with Crippen molar-refractivity contribution in [1.29, 1.82) is 0 Å². The molecule has 122 valence electrons. The Labute approximate surface area is 138 Å². The SMILES string of the molecule is Cc1[nH]n(-c2cccc(Cl)c2)c(=O)c1C=N[C@@H]1CCS(=O)(=O)C1. The highest BCUT2D eigenvalue weighted by molar-refractivity contribution is 7.91. The standard InChI is InChI=1S/C15H16ClN3O3S/c1-10-14(8-17-12-5-6-23(21,22)9-12)15(20)19(18-10)13-4-2-3-11(16)7-13/h2-4,7-8,12,18H,5-6,9H2,1H3/t12-/m1/s1. The highest BCUT2D eigenvalue weighted by Gasteiger charge is 2.27. The number of halogens is 1. The second-order valence-corrected chi connectivity index (χ2v) is 8.27. The van der Waals surface area contributed by atoms with E-state index < -0.39 is 9.84 Å². The number of aromatic nitrogens is 2. The largest absolute Gasteiger partial charge is 0.295 e. The van der Waals surface area contributed by atoms with E-state index in [0.717, 1.165) is 0 Å². The Hall–Kier alpha value is -1.86. The summed E-state index contributed by atoms with van der Waals surface area (Å²) < 4.78 is 24.3. The zero-order valence-electron chi connectivity index (χ0n) is 12.5. The third-order valence-electron chi connectivity index (χ3n) is 3.81. The first kappa shape index (κ1) is 16.0. The number of aliphatic imine (C=N–C) groups is 1. The third kappa shape index (κ3) is 3.40. The predicted octanol–water partition coefficient (Wildman–Crippen LogP) is 1.73. The molecular weight excluding hydrogens is 338 g/mol. The van der Waals surface area contributed by atoms with Crippen LogP contribution in [0.1, 0.15) is 17.7 Å². The van der Waals surface area contributed by atoms with Crippen LogP contribution in [0.15, 0.2) is 34.1 Å². The monoisotopic (exact) mass is 353 g/mol. The van der Waals surface area contributed by atoms with Crippen LogP contribution in [0.25, 0.3) is 5.69 Å². The molecule has 2 aromatic rings. The van der Waals surface area contributed by atoms with Crippen LogP contribution in [0.5, 0.6) is 0 Å². The Morgan fingerprint density at radius 3 is 2.87 bits per heavy atom. The van der Waals surface area contributed by atoms with E-state index in [2.05, 4.69) is 10.1 Å². The average Bonchev–Trinajstić information content (AvgIpc) is 2.97. The van der Waals surface area contributed by atoms with Crippen molar-refractivity contribution in [3.63, 3.8) is 0 Å². The number of aromatic amines is 1. The van der Waals surface area contributed by atoms with Gasteiger partial charge in [-0.1, -0.05) is 17.7 Å². The molecule has 23 heavy (non-hydrogen) atoms. The summed E-state index contributed by atoms with van der Waals surface area (Å²) in [6, 6.07) is 6.68. The molecule has 1 fully saturated rings. The Bertz CT molecular complexity index is 928. The van der Waals surface area contributed by atoms with Crippen molar-refractivity contribution < 1.29 is 8.42 Å². The lowest BCUT2D eigenvalue weighted by molar-refractivity contribution is 0.601. The van der Waals surface area contributed by atoms with Gasteiger partial charge in [0.15, 0.2) is 9.84 Å². The minimum Gasteiger partial charge on any atom is -0.295 e. The van der Waals surface area contributed by atoms with E-state index in [1.54, 1.807) is 31.2 Å². The van der Waals surface area contributed by atoms with Gasteiger partial charge in [-0.25, -0.2) is 13.1 Å². The van der Waals surface area contributed by atoms with Crippen LogP contribution < -0.4 is 5.56 Å². The van der Waals surface area contributed by atoms with Crippen LogP contribution in [-0.4, -0.2) is 42.0 Å². The number of hydrogen-bond donors (Lipinski definition) is 1. The van der Waals surface area contributed by atoms with Crippen LogP contribution in [0, 0.1) is 6.92 Å². The number of nitrogens with one attached hydrogen (secondary N) is 1. The number of hydrogen-bond acceptors (Lipinski definition) is 4. The van der Waals surface area contributed by atoms with Crippen molar-refractivity contribution in [3.8, 4) is 5.69 Å². The van der Waals surface area contributed by atoms with Crippen LogP contribution in [0.3, 0.4) is 0 Å². The first-order valence-electron chi connectivity index (χ1n) is 7.17. The molecule has 1 atom stereocenters. The van der Waals surface area contributed by atoms with Gasteiger partial charge in [0.05, 0.1) is 28.8 Å². The molecule has 1 aliphatic heterocycles. The molecule has 1 aromatic heterocycles. The number of nitrogens with zero attached hydrogens (tertiary/aromatic N) is 2. The topological polar surface area (TPSA) is 84.3 Å². The van der Waals surface area contributed by atoms with E-state index in [1.165, 1.54) is 10.9 Å². The molecule has 0 spiro atoms. The Morgan fingerprint density at radius 2 is 2.22 bits per heavy atom. The van der Waals surface area contributed by atoms with E-state index >= 15 is 0 Å². The first-order chi connectivity index (χ1) is 10.9. The molecule has 1 N–H and O–H groups in total. The van der Waals surface area contributed by atoms with Crippen molar-refractivity contribution in [2.45, 2.75) is 19.4 Å². The first-order valence-corrected chi connectivity index (χ1v) is 9.37. The summed E-state index contributed by atoms with van der Waals surface area (Å²) in [6.45, 7) is 1.77. The molecule has 0 amide bonds. The van der Waals surface area contributed by atoms with Crippen LogP contribution >= 0.6 is 11.6 Å². The van der Waals surface area contributed by atoms with Gasteiger partial charge in [0, 0.05) is 16.9 Å². The molecule has 0 bridgehead atoms. The number of rotatable bonds is 3. The second-order valence-electron chi connectivity index (χ2n) is 5.61. The van der Waals surface area contributed by atoms with E-state index in [1.807, 2.05) is 0 Å². The minimum atomic E-state index is -2.98. The van der Waals surface area contributed by atoms with Gasteiger partial charge in [-0.05, 0) is 31.5 Å². The zero-order chi connectivity index (χ0) is 16.6. The molecule has 8 heteroatoms. The summed E-state index contributed by atoms with van der Waals surface area (Å²) in [5.74, 6) is 0.212. The van der Waals surface area contributed by atoms with Gasteiger partial charge in [0.25, 0.3) is 5.56 Å². The van der Waals surface area contributed by atoms with Gasteiger partial charge in [-0.15, -0.1) is 0 Å². The molecule has 0 saturated carbocycles. The van der Waals surface area contributed by atoms with Gasteiger partial charge in [0.1, 0.15) is 0 Å². The summed E-state index contributed by atoms with van der Waals surface area (Å²) in [5.41, 5.74) is 1.48. The maximum absolute atomic E-state index is 12.5. The van der Waals surface area contributed by atoms with Gasteiger partial charge >= 0.3 is 0 Å². The molecule has 0 unspecified atom stereocenters. The number of H-pyrrole nitrogens is 1. The summed E-state index contributed by atoms with van der Waals surface area (Å²) >= 11 is 5.96. The molecule has 0 aliphatic carbocycles. The predicted molar refractivity (Wildman–Crippen MR) is 90.8 cm³/mol. The smallest absolute Gasteiger partial charge is 0.280 e. The highest BCUT2D eigenvalue weighted by atomic mass is 35.5. The highest BCUT2D eigenvalue weighted by Crippen LogP contribution is 2.16. The van der Waals surface area contributed by atoms with Crippen LogP contribution in [0.2, 0.25) is 5.02 Å². The van der Waals surface area contributed by atoms with E-state index in [-0.39, 0.29) is 23.1 Å². The Kier molecular flexibility index (Phi) is 4.16. The molecule has 2 heterocycles. The van der Waals surface area contributed by atoms with Crippen LogP contribution in [0.4, 0.5) is 0 Å². The average molecular weight is 354 g/mol. The van der Waals surface area contributed by atoms with Gasteiger partial charge in [-0.3, -0.25) is 14.9 Å². The fraction of sp³-hybridized carbons (Fsp3) is 0.333. The normalized spacial score (nSPS) is 20.3. The lowest BCUT2D eigenvalue weighted by Crippen LogP contribution is -2.17. The minimum absolute atomic E-state index is 0.0510. The molecular formula is C15H16ClN3O3S. The van der Waals surface area contributed by atoms with Crippen molar-refractivity contribution in [2.75, 3.05) is 11.5 Å². The Balaban J connectivity index is 1.91. The fourth-order valence-corrected chi connectivity index (χ4v) is 4.40. The molecule has 1 saturated heterocycles. The zero-order valence-corrected chi connectivity index (χ0v) is 14.1. The van der Waals surface area contributed by atoms with Gasteiger partial charge < -0.3 is 0 Å². The quantitative estimate of drug-likeness (QED) is 0.853. The van der Waals surface area contributed by atoms with Crippen molar-refractivity contribution >= 4 is 27.7 Å². The lowest BCUT2D eigenvalue weighted by atomic mass is 10.2. The molecule has 0 radical (unpaired) electrons. The van der Waals surface area contributed by atoms with Crippen LogP contribution in [-0.2, 0) is 9.84 Å². The molecule has 3 rings (SSSR count). The van der Waals surface area contributed by atoms with Crippen molar-refractivity contribution in [2.24, 2.45) is 4.99 Å². The molecule has 1 aromatic carbocycles. The summed E-state index contributed by atoms with van der Waals surface area (Å²) in [7, 11) is -2.98. The van der Waals surface area contributed by atoms with Crippen molar-refractivity contribution in [1.82, 2.24) is 9.78 Å². The number of aryl methyl sites for hydroxylation is 1. The number of sulfone groups is 1. The lowest BCUT2D eigenvalue weighted by Gasteiger charge is -2.01. The van der Waals surface area contributed by atoms with Crippen molar-refractivity contribution in [3.05, 3.63) is 50.9 Å². The molecule has 1 aliphatic rings. The maximum Gasteiger partial charge on any atom is 0.280 e. The maximum atomic E-state index is 12.5. The number of benzene rings is 1. The summed E-state index contributed by atoms with van der Waals surface area (Å²) in [5, 5.41) is 3.52. The molecule has 6 nitrogen and oxygen atoms in total. The van der Waals surface area contributed by atoms with E-state index in [4.69, 9.17) is 11.6 Å². The van der Waals surface area contributed by atoms with E-state index in [9.17, 15) is 13.2 Å². The van der Waals surface area contributed by atoms with E-state index in [0.29, 0.717) is 28.4 Å².